The molecule has 1 saturated carbocycles. The van der Waals surface area contributed by atoms with Gasteiger partial charge in [-0.1, -0.05) is 18.2 Å². The molecule has 2 aliphatic rings. The number of piperidine rings is 1. The highest BCUT2D eigenvalue weighted by Crippen LogP contribution is 2.44. The number of hydrogen-bond acceptors (Lipinski definition) is 2. The number of likely N-dealkylation sites (tertiary alicyclic amines) is 1. The minimum Gasteiger partial charge on any atom is -0.330 e. The molecule has 19 heavy (non-hydrogen) atoms. The summed E-state index contributed by atoms with van der Waals surface area (Å²) in [7, 11) is 0. The molecule has 0 amide bonds. The lowest BCUT2D eigenvalue weighted by Gasteiger charge is -2.43. The lowest BCUT2D eigenvalue weighted by molar-refractivity contribution is 0.0871. The fraction of sp³-hybridized carbons (Fsp3) is 0.647. The molecular formula is C17H26N2. The van der Waals surface area contributed by atoms with Crippen LogP contribution in [0.25, 0.3) is 0 Å². The summed E-state index contributed by atoms with van der Waals surface area (Å²) in [5, 5.41) is 0. The number of aryl methyl sites for hydroxylation is 2. The average molecular weight is 258 g/mol. The van der Waals surface area contributed by atoms with Gasteiger partial charge in [0.25, 0.3) is 0 Å². The van der Waals surface area contributed by atoms with Crippen molar-refractivity contribution >= 4 is 0 Å². The average Bonchev–Trinajstić information content (AvgIpc) is 3.23. The molecule has 1 aromatic rings. The van der Waals surface area contributed by atoms with Gasteiger partial charge in [0.05, 0.1) is 0 Å². The fourth-order valence-corrected chi connectivity index (χ4v) is 3.86. The third-order valence-electron chi connectivity index (χ3n) is 4.95. The third-order valence-corrected chi connectivity index (χ3v) is 4.95. The van der Waals surface area contributed by atoms with Crippen molar-refractivity contribution in [3.05, 3.63) is 34.9 Å². The summed E-state index contributed by atoms with van der Waals surface area (Å²) in [5.41, 5.74) is 10.5. The van der Waals surface area contributed by atoms with Crippen LogP contribution in [0.15, 0.2) is 18.2 Å². The van der Waals surface area contributed by atoms with E-state index in [9.17, 15) is 0 Å². The second kappa shape index (κ2) is 5.26. The molecule has 0 radical (unpaired) electrons. The summed E-state index contributed by atoms with van der Waals surface area (Å²) in [5.74, 6) is 0.633. The van der Waals surface area contributed by atoms with Crippen molar-refractivity contribution in [3.8, 4) is 0 Å². The molecule has 0 bridgehead atoms. The smallest absolute Gasteiger partial charge is 0.0396 e. The lowest BCUT2D eigenvalue weighted by Crippen LogP contribution is -2.43. The van der Waals surface area contributed by atoms with Crippen LogP contribution in [-0.2, 0) is 0 Å². The van der Waals surface area contributed by atoms with Crippen molar-refractivity contribution in [1.82, 2.24) is 4.90 Å². The summed E-state index contributed by atoms with van der Waals surface area (Å²) in [6.07, 6.45) is 5.38. The van der Waals surface area contributed by atoms with Gasteiger partial charge in [0.2, 0.25) is 0 Å². The summed E-state index contributed by atoms with van der Waals surface area (Å²) in [6.45, 7) is 6.60. The normalized spacial score (nSPS) is 28.6. The standard InChI is InChI=1S/C17H26N2/c1-12-5-3-6-13(2)16(12)17-14(11-18)7-4-10-19(17)15-8-9-15/h3,5-6,14-15,17H,4,7-11,18H2,1-2H3. The zero-order valence-electron chi connectivity index (χ0n) is 12.2. The highest BCUT2D eigenvalue weighted by Gasteiger charge is 2.40. The first-order valence-corrected chi connectivity index (χ1v) is 7.74. The lowest BCUT2D eigenvalue weighted by atomic mass is 9.81. The van der Waals surface area contributed by atoms with Crippen LogP contribution in [0.4, 0.5) is 0 Å². The molecule has 2 unspecified atom stereocenters. The number of rotatable bonds is 3. The summed E-state index contributed by atoms with van der Waals surface area (Å²) in [6, 6.07) is 8.09. The molecular weight excluding hydrogens is 232 g/mol. The van der Waals surface area contributed by atoms with Crippen molar-refractivity contribution in [1.29, 1.82) is 0 Å². The van der Waals surface area contributed by atoms with Crippen molar-refractivity contribution in [3.63, 3.8) is 0 Å². The number of nitrogens with zero attached hydrogens (tertiary/aromatic N) is 1. The Balaban J connectivity index is 2.00. The van der Waals surface area contributed by atoms with E-state index in [1.807, 2.05) is 0 Å². The highest BCUT2D eigenvalue weighted by atomic mass is 15.2. The summed E-state index contributed by atoms with van der Waals surface area (Å²) >= 11 is 0. The third kappa shape index (κ3) is 2.44. The van der Waals surface area contributed by atoms with Gasteiger partial charge in [-0.15, -0.1) is 0 Å². The molecule has 1 aliphatic heterocycles. The fourth-order valence-electron chi connectivity index (χ4n) is 3.86. The first-order chi connectivity index (χ1) is 9.22. The second-order valence-corrected chi connectivity index (χ2v) is 6.36. The van der Waals surface area contributed by atoms with Crippen LogP contribution in [-0.4, -0.2) is 24.0 Å². The molecule has 2 fully saturated rings. The van der Waals surface area contributed by atoms with E-state index in [-0.39, 0.29) is 0 Å². The Morgan fingerprint density at radius 1 is 1.16 bits per heavy atom. The van der Waals surface area contributed by atoms with E-state index in [0.717, 1.165) is 12.6 Å². The quantitative estimate of drug-likeness (QED) is 0.902. The van der Waals surface area contributed by atoms with Crippen molar-refractivity contribution in [2.75, 3.05) is 13.1 Å². The van der Waals surface area contributed by atoms with Gasteiger partial charge in [-0.25, -0.2) is 0 Å². The Labute approximate surface area is 117 Å². The topological polar surface area (TPSA) is 29.3 Å². The van der Waals surface area contributed by atoms with Crippen LogP contribution in [0, 0.1) is 19.8 Å². The Morgan fingerprint density at radius 2 is 1.84 bits per heavy atom. The van der Waals surface area contributed by atoms with Gasteiger partial charge in [0, 0.05) is 12.1 Å². The van der Waals surface area contributed by atoms with Crippen LogP contribution in [0.1, 0.15) is 48.4 Å². The van der Waals surface area contributed by atoms with Gasteiger partial charge in [-0.2, -0.15) is 0 Å². The molecule has 1 aromatic carbocycles. The molecule has 0 spiro atoms. The minimum absolute atomic E-state index is 0.562. The van der Waals surface area contributed by atoms with Gasteiger partial charge in [0.1, 0.15) is 0 Å². The largest absolute Gasteiger partial charge is 0.330 e. The Bertz CT molecular complexity index is 430. The molecule has 104 valence electrons. The Morgan fingerprint density at radius 3 is 2.42 bits per heavy atom. The van der Waals surface area contributed by atoms with Crippen LogP contribution >= 0.6 is 0 Å². The highest BCUT2D eigenvalue weighted by molar-refractivity contribution is 5.37. The van der Waals surface area contributed by atoms with Crippen molar-refractivity contribution in [2.24, 2.45) is 11.7 Å². The first-order valence-electron chi connectivity index (χ1n) is 7.74. The zero-order chi connectivity index (χ0) is 13.4. The molecule has 2 atom stereocenters. The molecule has 1 saturated heterocycles. The van der Waals surface area contributed by atoms with Crippen LogP contribution in [0.3, 0.4) is 0 Å². The Kier molecular flexibility index (Phi) is 3.64. The SMILES string of the molecule is Cc1cccc(C)c1C1C(CN)CCCN1C1CC1. The van der Waals surface area contributed by atoms with Gasteiger partial charge in [-0.3, -0.25) is 4.90 Å². The van der Waals surface area contributed by atoms with E-state index in [1.165, 1.54) is 43.4 Å². The maximum atomic E-state index is 6.09. The van der Waals surface area contributed by atoms with Crippen molar-refractivity contribution in [2.45, 2.75) is 51.6 Å². The number of benzene rings is 1. The van der Waals surface area contributed by atoms with E-state index in [2.05, 4.69) is 36.9 Å². The molecule has 0 aromatic heterocycles. The predicted molar refractivity (Wildman–Crippen MR) is 80.2 cm³/mol. The maximum absolute atomic E-state index is 6.09. The predicted octanol–water partition coefficient (Wildman–Crippen LogP) is 3.18. The maximum Gasteiger partial charge on any atom is 0.0396 e. The molecule has 2 N–H and O–H groups in total. The zero-order valence-corrected chi connectivity index (χ0v) is 12.2. The van der Waals surface area contributed by atoms with E-state index >= 15 is 0 Å². The molecule has 1 aliphatic carbocycles. The molecule has 3 rings (SSSR count). The molecule has 2 heteroatoms. The van der Waals surface area contributed by atoms with E-state index in [4.69, 9.17) is 5.73 Å². The number of nitrogens with two attached hydrogens (primary N) is 1. The van der Waals surface area contributed by atoms with Gasteiger partial charge in [-0.05, 0) is 75.2 Å². The summed E-state index contributed by atoms with van der Waals surface area (Å²) < 4.78 is 0. The monoisotopic (exact) mass is 258 g/mol. The number of hydrogen-bond donors (Lipinski definition) is 1. The molecule has 1 heterocycles. The van der Waals surface area contributed by atoms with Crippen LogP contribution in [0.2, 0.25) is 0 Å². The van der Waals surface area contributed by atoms with Crippen LogP contribution < -0.4 is 5.73 Å². The van der Waals surface area contributed by atoms with Gasteiger partial charge < -0.3 is 5.73 Å². The van der Waals surface area contributed by atoms with Crippen LogP contribution in [0.5, 0.6) is 0 Å². The van der Waals surface area contributed by atoms with Gasteiger partial charge in [0.15, 0.2) is 0 Å². The minimum atomic E-state index is 0.562. The van der Waals surface area contributed by atoms with E-state index in [1.54, 1.807) is 5.56 Å². The summed E-state index contributed by atoms with van der Waals surface area (Å²) in [4.78, 5) is 2.76. The second-order valence-electron chi connectivity index (χ2n) is 6.36. The van der Waals surface area contributed by atoms with Crippen molar-refractivity contribution < 1.29 is 0 Å². The first kappa shape index (κ1) is 13.1. The van der Waals surface area contributed by atoms with Gasteiger partial charge >= 0.3 is 0 Å². The Hall–Kier alpha value is -0.860. The molecule has 2 nitrogen and oxygen atoms in total. The van der Waals surface area contributed by atoms with E-state index < -0.39 is 0 Å². The van der Waals surface area contributed by atoms with E-state index in [0.29, 0.717) is 12.0 Å².